The highest BCUT2D eigenvalue weighted by Gasteiger charge is 2.26. The van der Waals surface area contributed by atoms with Gasteiger partial charge in [0.15, 0.2) is 0 Å². The molecule has 0 bridgehead atoms. The SMILES string of the molecule is CCN1CCN(C(=O)c2cnn(-c3ccc(Cl)cc3)c2-c2ccccc2)CC1. The molecule has 1 aromatic heterocycles. The van der Waals surface area contributed by atoms with Gasteiger partial charge in [0.25, 0.3) is 5.91 Å². The number of nitrogens with zero attached hydrogens (tertiary/aromatic N) is 4. The monoisotopic (exact) mass is 394 g/mol. The quantitative estimate of drug-likeness (QED) is 0.672. The number of likely N-dealkylation sites (N-methyl/N-ethyl adjacent to an activating group) is 1. The number of amides is 1. The number of benzene rings is 2. The topological polar surface area (TPSA) is 41.4 Å². The maximum atomic E-state index is 13.3. The zero-order valence-electron chi connectivity index (χ0n) is 15.9. The first-order valence-corrected chi connectivity index (χ1v) is 9.96. The molecule has 0 aliphatic carbocycles. The lowest BCUT2D eigenvalue weighted by molar-refractivity contribution is 0.0644. The fourth-order valence-corrected chi connectivity index (χ4v) is 3.72. The Morgan fingerprint density at radius 3 is 2.32 bits per heavy atom. The molecule has 3 aromatic rings. The van der Waals surface area contributed by atoms with Crippen LogP contribution in [0.2, 0.25) is 5.02 Å². The van der Waals surface area contributed by atoms with E-state index in [2.05, 4.69) is 16.9 Å². The van der Waals surface area contributed by atoms with Gasteiger partial charge in [-0.25, -0.2) is 4.68 Å². The molecule has 0 N–H and O–H groups in total. The van der Waals surface area contributed by atoms with Crippen molar-refractivity contribution in [3.63, 3.8) is 0 Å². The van der Waals surface area contributed by atoms with Crippen LogP contribution >= 0.6 is 11.6 Å². The molecule has 6 heteroatoms. The molecule has 28 heavy (non-hydrogen) atoms. The molecule has 0 radical (unpaired) electrons. The lowest BCUT2D eigenvalue weighted by atomic mass is 10.1. The van der Waals surface area contributed by atoms with E-state index in [1.807, 2.05) is 64.2 Å². The Morgan fingerprint density at radius 2 is 1.68 bits per heavy atom. The second-order valence-corrected chi connectivity index (χ2v) is 7.32. The van der Waals surface area contributed by atoms with Crippen molar-refractivity contribution in [3.8, 4) is 16.9 Å². The van der Waals surface area contributed by atoms with Crippen LogP contribution in [0, 0.1) is 0 Å². The molecule has 1 aliphatic rings. The Bertz CT molecular complexity index is 944. The van der Waals surface area contributed by atoms with Gasteiger partial charge in [0.1, 0.15) is 0 Å². The van der Waals surface area contributed by atoms with E-state index in [1.54, 1.807) is 6.20 Å². The summed E-state index contributed by atoms with van der Waals surface area (Å²) in [4.78, 5) is 17.6. The molecule has 1 fully saturated rings. The van der Waals surface area contributed by atoms with Crippen LogP contribution in [0.4, 0.5) is 0 Å². The van der Waals surface area contributed by atoms with Crippen molar-refractivity contribution in [3.05, 3.63) is 71.4 Å². The van der Waals surface area contributed by atoms with Gasteiger partial charge in [-0.2, -0.15) is 5.10 Å². The second kappa shape index (κ2) is 8.17. The average molecular weight is 395 g/mol. The number of carbonyl (C=O) groups excluding carboxylic acids is 1. The van der Waals surface area contributed by atoms with Gasteiger partial charge in [-0.3, -0.25) is 4.79 Å². The third kappa shape index (κ3) is 3.68. The van der Waals surface area contributed by atoms with Gasteiger partial charge in [-0.1, -0.05) is 48.9 Å². The third-order valence-electron chi connectivity index (χ3n) is 5.22. The molecule has 5 nitrogen and oxygen atoms in total. The molecular formula is C22H23ClN4O. The molecule has 2 heterocycles. The van der Waals surface area contributed by atoms with Crippen LogP contribution in [0.5, 0.6) is 0 Å². The molecule has 1 saturated heterocycles. The van der Waals surface area contributed by atoms with E-state index < -0.39 is 0 Å². The van der Waals surface area contributed by atoms with Crippen molar-refractivity contribution >= 4 is 17.5 Å². The average Bonchev–Trinajstić information content (AvgIpc) is 3.19. The molecule has 1 amide bonds. The summed E-state index contributed by atoms with van der Waals surface area (Å²) in [6, 6.07) is 17.4. The van der Waals surface area contributed by atoms with Crippen LogP contribution in [0.25, 0.3) is 16.9 Å². The second-order valence-electron chi connectivity index (χ2n) is 6.89. The first-order chi connectivity index (χ1) is 13.7. The van der Waals surface area contributed by atoms with Crippen molar-refractivity contribution in [2.75, 3.05) is 32.7 Å². The fraction of sp³-hybridized carbons (Fsp3) is 0.273. The minimum atomic E-state index is 0.0369. The Hall–Kier alpha value is -2.63. The van der Waals surface area contributed by atoms with Gasteiger partial charge in [0, 0.05) is 36.8 Å². The van der Waals surface area contributed by atoms with Gasteiger partial charge >= 0.3 is 0 Å². The summed E-state index contributed by atoms with van der Waals surface area (Å²) in [5.41, 5.74) is 3.28. The summed E-state index contributed by atoms with van der Waals surface area (Å²) in [7, 11) is 0. The molecule has 144 valence electrons. The summed E-state index contributed by atoms with van der Waals surface area (Å²) >= 11 is 6.04. The van der Waals surface area contributed by atoms with E-state index in [0.717, 1.165) is 49.7 Å². The Balaban J connectivity index is 1.73. The van der Waals surface area contributed by atoms with Crippen LogP contribution in [0.1, 0.15) is 17.3 Å². The molecule has 0 unspecified atom stereocenters. The predicted molar refractivity (Wildman–Crippen MR) is 112 cm³/mol. The number of halogens is 1. The normalized spacial score (nSPS) is 15.0. The minimum Gasteiger partial charge on any atom is -0.336 e. The summed E-state index contributed by atoms with van der Waals surface area (Å²) in [5.74, 6) is 0.0369. The zero-order chi connectivity index (χ0) is 19.5. The molecule has 4 rings (SSSR count). The number of hydrogen-bond donors (Lipinski definition) is 0. The summed E-state index contributed by atoms with van der Waals surface area (Å²) in [6.45, 7) is 6.48. The standard InChI is InChI=1S/C22H23ClN4O/c1-2-25-12-14-26(15-13-25)22(28)20-16-24-27(19-10-8-18(23)9-11-19)21(20)17-6-4-3-5-7-17/h3-11,16H,2,12-15H2,1H3. The number of rotatable bonds is 4. The van der Waals surface area contributed by atoms with E-state index >= 15 is 0 Å². The lowest BCUT2D eigenvalue weighted by Crippen LogP contribution is -2.48. The van der Waals surface area contributed by atoms with E-state index in [4.69, 9.17) is 11.6 Å². The van der Waals surface area contributed by atoms with Gasteiger partial charge in [-0.05, 0) is 30.8 Å². The fourth-order valence-electron chi connectivity index (χ4n) is 3.59. The van der Waals surface area contributed by atoms with Gasteiger partial charge < -0.3 is 9.80 Å². The first kappa shape index (κ1) is 18.7. The van der Waals surface area contributed by atoms with Gasteiger partial charge in [0.2, 0.25) is 0 Å². The van der Waals surface area contributed by atoms with E-state index in [-0.39, 0.29) is 5.91 Å². The highest BCUT2D eigenvalue weighted by molar-refractivity contribution is 6.30. The smallest absolute Gasteiger partial charge is 0.257 e. The Morgan fingerprint density at radius 1 is 1.00 bits per heavy atom. The maximum absolute atomic E-state index is 13.3. The van der Waals surface area contributed by atoms with Crippen LogP contribution in [-0.4, -0.2) is 58.2 Å². The molecule has 0 atom stereocenters. The van der Waals surface area contributed by atoms with Gasteiger partial charge in [0.05, 0.1) is 23.1 Å². The molecule has 2 aromatic carbocycles. The van der Waals surface area contributed by atoms with Crippen molar-refractivity contribution in [1.29, 1.82) is 0 Å². The minimum absolute atomic E-state index is 0.0369. The van der Waals surface area contributed by atoms with Crippen molar-refractivity contribution in [2.24, 2.45) is 0 Å². The molecular weight excluding hydrogens is 372 g/mol. The molecule has 1 aliphatic heterocycles. The molecule has 0 spiro atoms. The first-order valence-electron chi connectivity index (χ1n) is 9.58. The number of piperazine rings is 1. The van der Waals surface area contributed by atoms with Crippen molar-refractivity contribution in [2.45, 2.75) is 6.92 Å². The van der Waals surface area contributed by atoms with Crippen LogP contribution in [0.15, 0.2) is 60.8 Å². The number of aromatic nitrogens is 2. The van der Waals surface area contributed by atoms with Crippen molar-refractivity contribution in [1.82, 2.24) is 19.6 Å². The zero-order valence-corrected chi connectivity index (χ0v) is 16.6. The Kier molecular flexibility index (Phi) is 5.46. The summed E-state index contributed by atoms with van der Waals surface area (Å²) in [5, 5.41) is 5.22. The summed E-state index contributed by atoms with van der Waals surface area (Å²) < 4.78 is 1.82. The van der Waals surface area contributed by atoms with E-state index in [9.17, 15) is 4.79 Å². The third-order valence-corrected chi connectivity index (χ3v) is 5.48. The van der Waals surface area contributed by atoms with Crippen molar-refractivity contribution < 1.29 is 4.79 Å². The van der Waals surface area contributed by atoms with E-state index in [1.165, 1.54) is 0 Å². The van der Waals surface area contributed by atoms with Crippen LogP contribution < -0.4 is 0 Å². The maximum Gasteiger partial charge on any atom is 0.257 e. The summed E-state index contributed by atoms with van der Waals surface area (Å²) in [6.07, 6.45) is 1.69. The number of carbonyl (C=O) groups is 1. The lowest BCUT2D eigenvalue weighted by Gasteiger charge is -2.34. The van der Waals surface area contributed by atoms with E-state index in [0.29, 0.717) is 10.6 Å². The largest absolute Gasteiger partial charge is 0.336 e. The van der Waals surface area contributed by atoms with Crippen LogP contribution in [0.3, 0.4) is 0 Å². The molecule has 0 saturated carbocycles. The predicted octanol–water partition coefficient (Wildman–Crippen LogP) is 3.97. The number of hydrogen-bond acceptors (Lipinski definition) is 3. The highest BCUT2D eigenvalue weighted by Crippen LogP contribution is 2.28. The van der Waals surface area contributed by atoms with Crippen LogP contribution in [-0.2, 0) is 0 Å². The van der Waals surface area contributed by atoms with Gasteiger partial charge in [-0.15, -0.1) is 0 Å². The highest BCUT2D eigenvalue weighted by atomic mass is 35.5. The Labute approximate surface area is 170 Å².